The molecule has 0 radical (unpaired) electrons. The van der Waals surface area contributed by atoms with E-state index < -0.39 is 9.84 Å². The van der Waals surface area contributed by atoms with Crippen LogP contribution in [0, 0.1) is 0 Å². The number of likely N-dealkylation sites (tertiary alicyclic amines) is 1. The summed E-state index contributed by atoms with van der Waals surface area (Å²) in [5.41, 5.74) is 1.28. The number of aliphatic imine (C=N–C) groups is 1. The number of rotatable bonds is 2. The lowest BCUT2D eigenvalue weighted by atomic mass is 10.1. The molecule has 2 saturated heterocycles. The molecule has 4 rings (SSSR count). The van der Waals surface area contributed by atoms with Gasteiger partial charge >= 0.3 is 6.03 Å². The predicted molar refractivity (Wildman–Crippen MR) is 137 cm³/mol. The summed E-state index contributed by atoms with van der Waals surface area (Å²) in [5, 5.41) is 7.02. The number of amides is 2. The van der Waals surface area contributed by atoms with E-state index in [-0.39, 0.29) is 6.03 Å². The van der Waals surface area contributed by atoms with Gasteiger partial charge in [0.1, 0.15) is 0 Å². The van der Waals surface area contributed by atoms with Gasteiger partial charge in [-0.15, -0.1) is 0 Å². The van der Waals surface area contributed by atoms with Crippen molar-refractivity contribution >= 4 is 56.5 Å². The lowest BCUT2D eigenvalue weighted by Crippen LogP contribution is -2.38. The van der Waals surface area contributed by atoms with Crippen LogP contribution >= 0.6 is 23.2 Å². The molecule has 0 unspecified atom stereocenters. The van der Waals surface area contributed by atoms with Crippen molar-refractivity contribution in [2.24, 2.45) is 4.99 Å². The molecule has 2 amide bonds. The summed E-state index contributed by atoms with van der Waals surface area (Å²) >= 11 is 11.4. The van der Waals surface area contributed by atoms with Crippen molar-refractivity contribution in [3.63, 3.8) is 0 Å². The minimum atomic E-state index is -2.65. The van der Waals surface area contributed by atoms with Crippen LogP contribution in [0.2, 0.25) is 10.0 Å². The van der Waals surface area contributed by atoms with E-state index in [0.29, 0.717) is 40.3 Å². The topological polar surface area (TPSA) is 108 Å². The van der Waals surface area contributed by atoms with E-state index in [2.05, 4.69) is 15.6 Å². The molecule has 2 aliphatic rings. The van der Waals surface area contributed by atoms with Gasteiger partial charge in [0, 0.05) is 41.9 Å². The molecule has 0 aromatic heterocycles. The van der Waals surface area contributed by atoms with Gasteiger partial charge in [-0.2, -0.15) is 4.99 Å². The molecule has 0 aliphatic carbocycles. The molecule has 11 heteroatoms. The van der Waals surface area contributed by atoms with Crippen molar-refractivity contribution in [2.45, 2.75) is 19.3 Å². The van der Waals surface area contributed by atoms with Gasteiger partial charge in [0.2, 0.25) is 6.08 Å². The monoisotopic (exact) mass is 526 g/mol. The second-order valence-electron chi connectivity index (χ2n) is 7.57. The number of sulfone groups is 1. The molecule has 34 heavy (non-hydrogen) atoms. The normalized spacial score (nSPS) is 16.5. The summed E-state index contributed by atoms with van der Waals surface area (Å²) in [5.74, 6) is 0.625. The zero-order valence-electron chi connectivity index (χ0n) is 18.7. The van der Waals surface area contributed by atoms with Crippen LogP contribution in [0.4, 0.5) is 16.2 Å². The van der Waals surface area contributed by atoms with Gasteiger partial charge in [0.25, 0.3) is 0 Å². The molecule has 0 atom stereocenters. The number of benzene rings is 2. The van der Waals surface area contributed by atoms with Gasteiger partial charge in [-0.05, 0) is 55.7 Å². The molecule has 2 aromatic rings. The first-order valence-electron chi connectivity index (χ1n) is 10.9. The Bertz CT molecular complexity index is 1070. The fraction of sp³-hybridized carbons (Fsp3) is 0.391. The van der Waals surface area contributed by atoms with Crippen LogP contribution in [-0.2, 0) is 14.6 Å². The largest absolute Gasteiger partial charge is 0.325 e. The average molecular weight is 527 g/mol. The summed E-state index contributed by atoms with van der Waals surface area (Å²) in [4.78, 5) is 26.8. The fourth-order valence-electron chi connectivity index (χ4n) is 3.15. The first-order valence-corrected chi connectivity index (χ1v) is 13.4. The van der Waals surface area contributed by atoms with Crippen molar-refractivity contribution in [3.05, 3.63) is 58.6 Å². The van der Waals surface area contributed by atoms with Gasteiger partial charge in [0.05, 0.1) is 17.2 Å². The molecule has 8 nitrogen and oxygen atoms in total. The van der Waals surface area contributed by atoms with Crippen LogP contribution in [0.5, 0.6) is 0 Å². The fourth-order valence-corrected chi connectivity index (χ4v) is 4.64. The first-order chi connectivity index (χ1) is 16.3. The lowest BCUT2D eigenvalue weighted by molar-refractivity contribution is 0.200. The van der Waals surface area contributed by atoms with E-state index in [1.807, 2.05) is 17.0 Å². The van der Waals surface area contributed by atoms with Crippen LogP contribution in [0.15, 0.2) is 53.5 Å². The summed E-state index contributed by atoms with van der Waals surface area (Å²) < 4.78 is 21.2. The first kappa shape index (κ1) is 27.8. The van der Waals surface area contributed by atoms with Gasteiger partial charge < -0.3 is 15.5 Å². The van der Waals surface area contributed by atoms with E-state index in [0.717, 1.165) is 31.6 Å². The van der Waals surface area contributed by atoms with E-state index in [4.69, 9.17) is 23.2 Å². The number of piperidine rings is 1. The van der Waals surface area contributed by atoms with Crippen molar-refractivity contribution in [3.8, 4) is 0 Å². The van der Waals surface area contributed by atoms with Crippen molar-refractivity contribution in [1.82, 2.24) is 10.2 Å². The molecular weight excluding hydrogens is 499 g/mol. The average Bonchev–Trinajstić information content (AvgIpc) is 2.81. The molecule has 0 saturated carbocycles. The van der Waals surface area contributed by atoms with E-state index in [1.165, 1.54) is 12.5 Å². The summed E-state index contributed by atoms with van der Waals surface area (Å²) in [6, 6.07) is 13.9. The molecule has 2 aliphatic heterocycles. The number of hydrogen-bond donors (Lipinski definition) is 2. The Morgan fingerprint density at radius 2 is 1.59 bits per heavy atom. The Kier molecular flexibility index (Phi) is 12.1. The van der Waals surface area contributed by atoms with Crippen molar-refractivity contribution < 1.29 is 18.0 Å². The zero-order chi connectivity index (χ0) is 24.8. The van der Waals surface area contributed by atoms with E-state index in [9.17, 15) is 18.0 Å². The molecule has 184 valence electrons. The molecular formula is C23H28Cl2N4O4S. The molecule has 2 N–H and O–H groups in total. The Hall–Kier alpha value is -2.42. The molecule has 0 spiro atoms. The minimum absolute atomic E-state index is 0.0260. The van der Waals surface area contributed by atoms with Gasteiger partial charge in [-0.1, -0.05) is 35.3 Å². The number of anilines is 1. The van der Waals surface area contributed by atoms with Crippen LogP contribution in [0.25, 0.3) is 0 Å². The Balaban J connectivity index is 0.000000195. The Labute approximate surface area is 210 Å². The maximum absolute atomic E-state index is 11.9. The molecule has 0 bridgehead atoms. The molecule has 2 aromatic carbocycles. The number of nitrogens with zero attached hydrogens (tertiary/aromatic N) is 2. The van der Waals surface area contributed by atoms with Crippen LogP contribution < -0.4 is 10.6 Å². The SMILES string of the molecule is O=C(Nc1cccc(Cl)c1)N1CCCCC1.O=C=Nc1cccc(Cl)c1.O=S1(=O)CCNCC1. The van der Waals surface area contributed by atoms with E-state index >= 15 is 0 Å². The number of halogens is 2. The number of hydrogen-bond acceptors (Lipinski definition) is 6. The Morgan fingerprint density at radius 1 is 0.971 bits per heavy atom. The third kappa shape index (κ3) is 11.1. The minimum Gasteiger partial charge on any atom is -0.325 e. The van der Waals surface area contributed by atoms with Gasteiger partial charge in [0.15, 0.2) is 9.84 Å². The highest BCUT2D eigenvalue weighted by molar-refractivity contribution is 7.91. The van der Waals surface area contributed by atoms with Crippen LogP contribution in [-0.4, -0.2) is 63.1 Å². The van der Waals surface area contributed by atoms with Crippen LogP contribution in [0.1, 0.15) is 19.3 Å². The van der Waals surface area contributed by atoms with Gasteiger partial charge in [-0.25, -0.2) is 18.0 Å². The summed E-state index contributed by atoms with van der Waals surface area (Å²) in [6.07, 6.45) is 4.85. The highest BCUT2D eigenvalue weighted by Gasteiger charge is 2.16. The smallest absolute Gasteiger partial charge is 0.321 e. The van der Waals surface area contributed by atoms with Crippen molar-refractivity contribution in [1.29, 1.82) is 0 Å². The number of carbonyl (C=O) groups excluding carboxylic acids is 2. The number of nitrogens with one attached hydrogen (secondary N) is 2. The summed E-state index contributed by atoms with van der Waals surface area (Å²) in [7, 11) is -2.65. The lowest BCUT2D eigenvalue weighted by Gasteiger charge is -2.26. The quantitative estimate of drug-likeness (QED) is 0.436. The van der Waals surface area contributed by atoms with Crippen molar-refractivity contribution in [2.75, 3.05) is 43.0 Å². The number of carbonyl (C=O) groups is 1. The zero-order valence-corrected chi connectivity index (χ0v) is 21.0. The number of urea groups is 1. The standard InChI is InChI=1S/C12H15ClN2O.C7H4ClNO.C4H9NO2S/c13-10-5-4-6-11(9-10)14-12(16)15-7-2-1-3-8-15;8-6-2-1-3-7(4-6)9-5-10;6-8(7)3-1-5-2-4-8/h4-6,9H,1-3,7-8H2,(H,14,16);1-4H;5H,1-4H2. The second-order valence-corrected chi connectivity index (χ2v) is 10.7. The maximum atomic E-state index is 11.9. The summed E-state index contributed by atoms with van der Waals surface area (Å²) in [6.45, 7) is 2.96. The predicted octanol–water partition coefficient (Wildman–Crippen LogP) is 4.67. The third-order valence-corrected chi connectivity index (χ3v) is 7.00. The Morgan fingerprint density at radius 3 is 2.12 bits per heavy atom. The molecule has 2 heterocycles. The highest BCUT2D eigenvalue weighted by atomic mass is 35.5. The number of isocyanates is 1. The maximum Gasteiger partial charge on any atom is 0.321 e. The van der Waals surface area contributed by atoms with Gasteiger partial charge in [-0.3, -0.25) is 0 Å². The van der Waals surface area contributed by atoms with Crippen LogP contribution in [0.3, 0.4) is 0 Å². The third-order valence-electron chi connectivity index (χ3n) is 4.88. The van der Waals surface area contributed by atoms with E-state index in [1.54, 1.807) is 36.4 Å². The second kappa shape index (κ2) is 14.8. The highest BCUT2D eigenvalue weighted by Crippen LogP contribution is 2.17. The molecule has 2 fully saturated rings.